The smallest absolute Gasteiger partial charge is 0.222 e. The molecular formula is C37H70N12O15. The maximum absolute atomic E-state index is 12.3. The fraction of sp³-hybridized carbons (Fsp3) is 0.919. The second-order valence-electron chi connectivity index (χ2n) is 12.8. The van der Waals surface area contributed by atoms with E-state index in [1.54, 1.807) is 0 Å². The molecule has 0 aromatic rings. The molecule has 368 valence electrons. The molecule has 0 aromatic heterocycles. The highest BCUT2D eigenvalue weighted by Gasteiger charge is 2.13. The Kier molecular flexibility index (Phi) is 48.2. The lowest BCUT2D eigenvalue weighted by molar-refractivity contribution is -0.123. The van der Waals surface area contributed by atoms with Crippen molar-refractivity contribution in [2.24, 2.45) is 21.3 Å². The third-order valence-electron chi connectivity index (χ3n) is 7.62. The van der Waals surface area contributed by atoms with Crippen LogP contribution in [0.3, 0.4) is 0 Å². The Balaban J connectivity index is 4.28. The van der Waals surface area contributed by atoms with E-state index in [1.165, 1.54) is 0 Å². The second-order valence-corrected chi connectivity index (χ2v) is 12.8. The van der Waals surface area contributed by atoms with Crippen molar-refractivity contribution in [3.8, 4) is 0 Å². The molecule has 0 aliphatic carbocycles. The number of carbonyl (C=O) groups excluding carboxylic acids is 3. The minimum Gasteiger partial charge on any atom is -0.380 e. The average Bonchev–Trinajstić information content (AvgIpc) is 3.29. The van der Waals surface area contributed by atoms with Gasteiger partial charge in [0.25, 0.3) is 0 Å². The predicted octanol–water partition coefficient (Wildman–Crippen LogP) is 1.25. The van der Waals surface area contributed by atoms with Gasteiger partial charge in [-0.15, -0.1) is 0 Å². The van der Waals surface area contributed by atoms with E-state index >= 15 is 0 Å². The van der Waals surface area contributed by atoms with Crippen LogP contribution in [0, 0.1) is 5.92 Å². The zero-order chi connectivity index (χ0) is 46.5. The molecule has 0 aliphatic heterocycles. The summed E-state index contributed by atoms with van der Waals surface area (Å²) in [5, 5.41) is 18.4. The van der Waals surface area contributed by atoms with Crippen molar-refractivity contribution in [1.29, 1.82) is 0 Å². The molecule has 0 fully saturated rings. The van der Waals surface area contributed by atoms with E-state index in [0.717, 1.165) is 0 Å². The van der Waals surface area contributed by atoms with Crippen molar-refractivity contribution in [1.82, 2.24) is 16.0 Å². The van der Waals surface area contributed by atoms with Crippen molar-refractivity contribution >= 4 is 17.7 Å². The van der Waals surface area contributed by atoms with Gasteiger partial charge in [-0.05, 0) is 16.6 Å². The highest BCUT2D eigenvalue weighted by Crippen LogP contribution is 2.03. The standard InChI is InChI=1S/C37H70N12O15/c38-47-44-7-16-56-22-28-59-25-19-53-13-4-41-35(50)1-10-62-31-34(32-63-11-2-36(51)42-5-14-54-20-26-60-29-23-57-17-8-45-48-39)33-64-12-3-37(52)43-6-15-55-21-27-61-30-24-58-18-9-46-49-40/h34H,1-33H2,(H,41,50)(H,42,51)(H,43,52). The number of nitrogens with one attached hydrogen (secondary N) is 3. The molecule has 27 heteroatoms. The number of hydrogen-bond acceptors (Lipinski definition) is 18. The summed E-state index contributed by atoms with van der Waals surface area (Å²) < 4.78 is 65.5. The molecule has 27 nitrogen and oxygen atoms in total. The van der Waals surface area contributed by atoms with Gasteiger partial charge in [0.15, 0.2) is 0 Å². The lowest BCUT2D eigenvalue weighted by Gasteiger charge is -2.18. The molecule has 0 heterocycles. The number of amides is 3. The van der Waals surface area contributed by atoms with Crippen molar-refractivity contribution in [3.05, 3.63) is 31.3 Å². The molecule has 0 unspecified atom stereocenters. The third-order valence-corrected chi connectivity index (χ3v) is 7.62. The number of carbonyl (C=O) groups is 3. The molecule has 0 saturated carbocycles. The first-order valence-electron chi connectivity index (χ1n) is 21.3. The van der Waals surface area contributed by atoms with Gasteiger partial charge in [0.05, 0.1) is 159 Å². The largest absolute Gasteiger partial charge is 0.380 e. The first kappa shape index (κ1) is 59.9. The third kappa shape index (κ3) is 48.9. The molecule has 0 rings (SSSR count). The van der Waals surface area contributed by atoms with Crippen LogP contribution >= 0.6 is 0 Å². The summed E-state index contributed by atoms with van der Waals surface area (Å²) in [6.45, 7) is 9.49. The van der Waals surface area contributed by atoms with Gasteiger partial charge in [0, 0.05) is 79.2 Å². The first-order valence-corrected chi connectivity index (χ1v) is 21.3. The molecular weight excluding hydrogens is 852 g/mol. The van der Waals surface area contributed by atoms with Crippen LogP contribution in [-0.4, -0.2) is 216 Å². The van der Waals surface area contributed by atoms with E-state index in [4.69, 9.17) is 73.4 Å². The zero-order valence-corrected chi connectivity index (χ0v) is 37.1. The van der Waals surface area contributed by atoms with Gasteiger partial charge in [-0.3, -0.25) is 14.4 Å². The number of rotatable bonds is 51. The van der Waals surface area contributed by atoms with Crippen LogP contribution in [0.15, 0.2) is 15.3 Å². The van der Waals surface area contributed by atoms with Crippen molar-refractivity contribution < 1.29 is 71.2 Å². The predicted molar refractivity (Wildman–Crippen MR) is 228 cm³/mol. The number of ether oxygens (including phenoxy) is 12. The van der Waals surface area contributed by atoms with Gasteiger partial charge in [0.2, 0.25) is 17.7 Å². The summed E-state index contributed by atoms with van der Waals surface area (Å²) in [5.74, 6) is -0.812. The summed E-state index contributed by atoms with van der Waals surface area (Å²) in [4.78, 5) is 44.7. The minimum absolute atomic E-state index is 0.136. The fourth-order valence-electron chi connectivity index (χ4n) is 4.52. The van der Waals surface area contributed by atoms with Crippen LogP contribution in [0.1, 0.15) is 19.3 Å². The van der Waals surface area contributed by atoms with Crippen LogP contribution in [0.25, 0.3) is 31.3 Å². The van der Waals surface area contributed by atoms with Crippen molar-refractivity contribution in [2.45, 2.75) is 19.3 Å². The Morgan fingerprint density at radius 3 is 0.828 bits per heavy atom. The van der Waals surface area contributed by atoms with E-state index in [0.29, 0.717) is 139 Å². The van der Waals surface area contributed by atoms with Gasteiger partial charge in [-0.2, -0.15) is 0 Å². The van der Waals surface area contributed by atoms with Crippen LogP contribution < -0.4 is 16.0 Å². The number of hydrogen-bond donors (Lipinski definition) is 3. The maximum atomic E-state index is 12.3. The Morgan fingerprint density at radius 2 is 0.578 bits per heavy atom. The highest BCUT2D eigenvalue weighted by molar-refractivity contribution is 5.76. The summed E-state index contributed by atoms with van der Waals surface area (Å²) in [5.41, 5.74) is 24.6. The summed E-state index contributed by atoms with van der Waals surface area (Å²) >= 11 is 0. The Labute approximate surface area is 374 Å². The molecule has 0 atom stereocenters. The van der Waals surface area contributed by atoms with Crippen molar-refractivity contribution in [2.75, 3.05) is 198 Å². The van der Waals surface area contributed by atoms with E-state index in [1.807, 2.05) is 0 Å². The van der Waals surface area contributed by atoms with Crippen LogP contribution in [-0.2, 0) is 71.2 Å². The summed E-state index contributed by atoms with van der Waals surface area (Å²) in [6, 6.07) is 0. The van der Waals surface area contributed by atoms with Crippen LogP contribution in [0.5, 0.6) is 0 Å². The molecule has 0 saturated heterocycles. The second kappa shape index (κ2) is 51.5. The maximum Gasteiger partial charge on any atom is 0.222 e. The van der Waals surface area contributed by atoms with E-state index in [9.17, 15) is 14.4 Å². The van der Waals surface area contributed by atoms with E-state index < -0.39 is 0 Å². The van der Waals surface area contributed by atoms with Gasteiger partial charge in [0.1, 0.15) is 0 Å². The highest BCUT2D eigenvalue weighted by atomic mass is 16.6. The van der Waals surface area contributed by atoms with E-state index in [-0.39, 0.29) is 102 Å². The number of azide groups is 3. The van der Waals surface area contributed by atoms with Gasteiger partial charge in [-0.1, -0.05) is 15.3 Å². The quantitative estimate of drug-likeness (QED) is 0.0335. The summed E-state index contributed by atoms with van der Waals surface area (Å²) in [6.07, 6.45) is 0.409. The molecule has 0 bridgehead atoms. The fourth-order valence-corrected chi connectivity index (χ4v) is 4.52. The average molecular weight is 923 g/mol. The Bertz CT molecular complexity index is 1120. The van der Waals surface area contributed by atoms with Gasteiger partial charge < -0.3 is 72.8 Å². The monoisotopic (exact) mass is 923 g/mol. The van der Waals surface area contributed by atoms with Gasteiger partial charge in [-0.25, -0.2) is 0 Å². The summed E-state index contributed by atoms with van der Waals surface area (Å²) in [7, 11) is 0. The first-order chi connectivity index (χ1) is 31.5. The van der Waals surface area contributed by atoms with Crippen LogP contribution in [0.4, 0.5) is 0 Å². The van der Waals surface area contributed by atoms with Crippen LogP contribution in [0.2, 0.25) is 0 Å². The topological polar surface area (TPSA) is 344 Å². The lowest BCUT2D eigenvalue weighted by Crippen LogP contribution is -2.30. The molecule has 0 aromatic carbocycles. The molecule has 0 radical (unpaired) electrons. The molecule has 3 N–H and O–H groups in total. The van der Waals surface area contributed by atoms with Gasteiger partial charge >= 0.3 is 0 Å². The molecule has 3 amide bonds. The zero-order valence-electron chi connectivity index (χ0n) is 37.1. The normalized spacial score (nSPS) is 11.2. The molecule has 0 spiro atoms. The SMILES string of the molecule is [N-]=[N+]=NCCOCCOCCOCCNC(=O)CCOCC(COCCC(=O)NCCOCCOCCOCCN=[N+]=[N-])COCCC(=O)NCCOCCOCCOCCN=[N+]=[N-]. The molecule has 64 heavy (non-hydrogen) atoms. The van der Waals surface area contributed by atoms with Crippen molar-refractivity contribution in [3.63, 3.8) is 0 Å². The number of nitrogens with zero attached hydrogens (tertiary/aromatic N) is 9. The minimum atomic E-state index is -0.228. The van der Waals surface area contributed by atoms with E-state index in [2.05, 4.69) is 46.0 Å². The molecule has 0 aliphatic rings. The lowest BCUT2D eigenvalue weighted by atomic mass is 10.2. The Hall–Kier alpha value is -4.14. The Morgan fingerprint density at radius 1 is 0.344 bits per heavy atom.